The van der Waals surface area contributed by atoms with Crippen LogP contribution in [0.3, 0.4) is 0 Å². The van der Waals surface area contributed by atoms with Crippen LogP contribution in [0.4, 0.5) is 0 Å². The van der Waals surface area contributed by atoms with E-state index in [0.29, 0.717) is 19.4 Å². The van der Waals surface area contributed by atoms with Crippen molar-refractivity contribution >= 4 is 17.6 Å². The maximum Gasteiger partial charge on any atom is 0.240 e. The van der Waals surface area contributed by atoms with Gasteiger partial charge in [0.2, 0.25) is 11.8 Å². The van der Waals surface area contributed by atoms with Gasteiger partial charge < -0.3 is 15.4 Å². The van der Waals surface area contributed by atoms with E-state index in [1.54, 1.807) is 4.90 Å². The Hall–Kier alpha value is -1.39. The van der Waals surface area contributed by atoms with Gasteiger partial charge in [-0.2, -0.15) is 0 Å². The highest BCUT2D eigenvalue weighted by atomic mass is 16.2. The smallest absolute Gasteiger partial charge is 0.240 e. The van der Waals surface area contributed by atoms with Gasteiger partial charge in [0, 0.05) is 13.0 Å². The van der Waals surface area contributed by atoms with Gasteiger partial charge in [-0.05, 0) is 26.2 Å². The van der Waals surface area contributed by atoms with Crippen LogP contribution in [-0.4, -0.2) is 35.1 Å². The van der Waals surface area contributed by atoms with Crippen molar-refractivity contribution in [1.82, 2.24) is 4.90 Å². The first-order valence-electron chi connectivity index (χ1n) is 7.06. The van der Waals surface area contributed by atoms with Crippen molar-refractivity contribution in [3.8, 4) is 0 Å². The third-order valence-electron chi connectivity index (χ3n) is 4.47. The molecule has 2 fully saturated rings. The van der Waals surface area contributed by atoms with Crippen molar-refractivity contribution in [3.05, 3.63) is 0 Å². The highest BCUT2D eigenvalue weighted by Gasteiger charge is 2.54. The Morgan fingerprint density at radius 3 is 2.42 bits per heavy atom. The van der Waals surface area contributed by atoms with E-state index in [-0.39, 0.29) is 17.1 Å². The Kier molecular flexibility index (Phi) is 3.92. The minimum atomic E-state index is -0.607. The average molecular weight is 266 g/mol. The molecule has 0 aromatic carbocycles. The molecule has 1 saturated heterocycles. The van der Waals surface area contributed by atoms with Crippen molar-refractivity contribution in [3.63, 3.8) is 0 Å². The number of β-lactam (4-membered cyclic amide) rings is 1. The van der Waals surface area contributed by atoms with Gasteiger partial charge in [0.25, 0.3) is 0 Å². The minimum Gasteiger partial charge on any atom is -0.368 e. The number of likely N-dealkylation sites (tertiary alicyclic amines) is 1. The number of ketones is 1. The first kappa shape index (κ1) is 14.0. The van der Waals surface area contributed by atoms with Crippen LogP contribution in [0.1, 0.15) is 51.9 Å². The Bertz CT molecular complexity index is 399. The van der Waals surface area contributed by atoms with Gasteiger partial charge in [0.05, 0.1) is 5.41 Å². The van der Waals surface area contributed by atoms with Crippen LogP contribution in [0.25, 0.3) is 0 Å². The van der Waals surface area contributed by atoms with Crippen LogP contribution in [0.5, 0.6) is 0 Å². The predicted molar refractivity (Wildman–Crippen MR) is 70.1 cm³/mol. The molecular formula is C14H22N2O3. The maximum atomic E-state index is 12.4. The van der Waals surface area contributed by atoms with E-state index in [1.807, 2.05) is 0 Å². The number of hydrogen-bond donors (Lipinski definition) is 1. The number of carbonyl (C=O) groups is 3. The maximum absolute atomic E-state index is 12.4. The Balaban J connectivity index is 1.99. The molecule has 0 bridgehead atoms. The lowest BCUT2D eigenvalue weighted by molar-refractivity contribution is -0.171. The number of primary amides is 1. The topological polar surface area (TPSA) is 80.5 Å². The number of nitrogens with zero attached hydrogens (tertiary/aromatic N) is 1. The summed E-state index contributed by atoms with van der Waals surface area (Å²) in [5.41, 5.74) is 5.15. The molecule has 1 aliphatic carbocycles. The third kappa shape index (κ3) is 2.65. The lowest BCUT2D eigenvalue weighted by atomic mass is 9.67. The van der Waals surface area contributed by atoms with E-state index in [9.17, 15) is 14.4 Å². The summed E-state index contributed by atoms with van der Waals surface area (Å²) in [7, 11) is 0. The van der Waals surface area contributed by atoms with E-state index in [2.05, 4.69) is 0 Å². The van der Waals surface area contributed by atoms with Crippen molar-refractivity contribution < 1.29 is 14.4 Å². The summed E-state index contributed by atoms with van der Waals surface area (Å²) in [4.78, 5) is 36.4. The second kappa shape index (κ2) is 5.31. The minimum absolute atomic E-state index is 0.0200. The van der Waals surface area contributed by atoms with E-state index < -0.39 is 11.9 Å². The second-order valence-electron chi connectivity index (χ2n) is 5.93. The highest BCUT2D eigenvalue weighted by molar-refractivity contribution is 5.94. The normalized spacial score (nSPS) is 23.0. The molecule has 1 aliphatic heterocycles. The van der Waals surface area contributed by atoms with Crippen molar-refractivity contribution in [2.75, 3.05) is 6.54 Å². The van der Waals surface area contributed by atoms with Crippen molar-refractivity contribution in [2.45, 2.75) is 57.9 Å². The summed E-state index contributed by atoms with van der Waals surface area (Å²) in [6, 6.07) is -0.607. The monoisotopic (exact) mass is 266 g/mol. The molecule has 1 unspecified atom stereocenters. The van der Waals surface area contributed by atoms with Gasteiger partial charge in [0.1, 0.15) is 11.8 Å². The fraction of sp³-hybridized carbons (Fsp3) is 0.786. The van der Waals surface area contributed by atoms with Gasteiger partial charge in [0.15, 0.2) is 0 Å². The predicted octanol–water partition coefficient (Wildman–Crippen LogP) is 1.00. The molecule has 106 valence electrons. The van der Waals surface area contributed by atoms with Crippen molar-refractivity contribution in [2.24, 2.45) is 11.1 Å². The first-order valence-corrected chi connectivity index (χ1v) is 7.06. The summed E-state index contributed by atoms with van der Waals surface area (Å²) in [5.74, 6) is -0.411. The van der Waals surface area contributed by atoms with E-state index in [1.165, 1.54) is 13.3 Å². The Labute approximate surface area is 113 Å². The Morgan fingerprint density at radius 1 is 1.32 bits per heavy atom. The first-order chi connectivity index (χ1) is 8.96. The summed E-state index contributed by atoms with van der Waals surface area (Å²) >= 11 is 0. The lowest BCUT2D eigenvalue weighted by Crippen LogP contribution is -2.67. The number of hydrogen-bond acceptors (Lipinski definition) is 3. The fourth-order valence-electron chi connectivity index (χ4n) is 3.32. The molecule has 0 aromatic rings. The zero-order valence-corrected chi connectivity index (χ0v) is 11.5. The van der Waals surface area contributed by atoms with Crippen LogP contribution >= 0.6 is 0 Å². The van der Waals surface area contributed by atoms with Gasteiger partial charge >= 0.3 is 0 Å². The van der Waals surface area contributed by atoms with Gasteiger partial charge in [-0.1, -0.05) is 19.3 Å². The number of carbonyl (C=O) groups excluding carboxylic acids is 3. The third-order valence-corrected chi connectivity index (χ3v) is 4.47. The van der Waals surface area contributed by atoms with Crippen LogP contribution in [0.15, 0.2) is 0 Å². The van der Waals surface area contributed by atoms with Crippen LogP contribution in [-0.2, 0) is 14.4 Å². The zero-order valence-electron chi connectivity index (χ0n) is 11.5. The summed E-state index contributed by atoms with van der Waals surface area (Å²) in [6.45, 7) is 2.12. The molecule has 5 nitrogen and oxygen atoms in total. The molecule has 2 amide bonds. The van der Waals surface area contributed by atoms with E-state index in [0.717, 1.165) is 25.7 Å². The van der Waals surface area contributed by atoms with Gasteiger partial charge in [-0.25, -0.2) is 0 Å². The quantitative estimate of drug-likeness (QED) is 0.754. The molecule has 0 radical (unpaired) electrons. The van der Waals surface area contributed by atoms with E-state index in [4.69, 9.17) is 5.73 Å². The van der Waals surface area contributed by atoms with Crippen LogP contribution < -0.4 is 5.73 Å². The summed E-state index contributed by atoms with van der Waals surface area (Å²) < 4.78 is 0. The molecule has 0 aromatic heterocycles. The van der Waals surface area contributed by atoms with Crippen LogP contribution in [0.2, 0.25) is 0 Å². The highest BCUT2D eigenvalue weighted by Crippen LogP contribution is 2.46. The molecule has 1 atom stereocenters. The molecule has 2 rings (SSSR count). The molecule has 1 heterocycles. The van der Waals surface area contributed by atoms with E-state index >= 15 is 0 Å². The molecule has 1 saturated carbocycles. The molecular weight excluding hydrogens is 244 g/mol. The van der Waals surface area contributed by atoms with Gasteiger partial charge in [-0.3, -0.25) is 9.59 Å². The average Bonchev–Trinajstić information content (AvgIpc) is 2.38. The molecule has 5 heteroatoms. The number of rotatable bonds is 5. The van der Waals surface area contributed by atoms with Crippen LogP contribution in [0, 0.1) is 5.41 Å². The largest absolute Gasteiger partial charge is 0.368 e. The number of nitrogens with two attached hydrogens (primary N) is 1. The molecule has 19 heavy (non-hydrogen) atoms. The zero-order chi connectivity index (χ0) is 14.0. The number of amides is 2. The number of Topliss-reactive ketones (excluding diaryl/α,β-unsaturated/α-hetero) is 1. The fourth-order valence-corrected chi connectivity index (χ4v) is 3.32. The molecule has 1 spiro atoms. The van der Waals surface area contributed by atoms with Crippen molar-refractivity contribution in [1.29, 1.82) is 0 Å². The molecule has 2 aliphatic rings. The second-order valence-corrected chi connectivity index (χ2v) is 5.93. The standard InChI is InChI=1S/C14H22N2O3/c1-10(17)5-6-11(12(15)18)16-9-14(13(16)19)7-3-2-4-8-14/h11H,2-9H2,1H3,(H2,15,18). The Morgan fingerprint density at radius 2 is 1.95 bits per heavy atom. The summed E-state index contributed by atoms with van der Waals surface area (Å²) in [5, 5.41) is 0. The molecule has 2 N–H and O–H groups in total. The SMILES string of the molecule is CC(=O)CCC(C(N)=O)N1CC2(CCCCC2)C1=O. The van der Waals surface area contributed by atoms with Gasteiger partial charge in [-0.15, -0.1) is 0 Å². The summed E-state index contributed by atoms with van der Waals surface area (Å²) in [6.07, 6.45) is 5.89. The lowest BCUT2D eigenvalue weighted by Gasteiger charge is -2.53.